The molecule has 7 nitrogen and oxygen atoms in total. The first-order valence-corrected chi connectivity index (χ1v) is 11.4. The number of ether oxygens (including phenoxy) is 1. The smallest absolute Gasteiger partial charge is 0.261 e. The average molecular weight is 465 g/mol. The molecule has 0 aliphatic heterocycles. The van der Waals surface area contributed by atoms with Gasteiger partial charge in [-0.15, -0.1) is 11.3 Å². The second-order valence-electron chi connectivity index (χ2n) is 6.95. The largest absolute Gasteiger partial charge is 0.496 e. The Labute approximate surface area is 193 Å². The summed E-state index contributed by atoms with van der Waals surface area (Å²) in [6, 6.07) is 14.4. The van der Waals surface area contributed by atoms with E-state index in [0.29, 0.717) is 32.8 Å². The van der Waals surface area contributed by atoms with E-state index in [-0.39, 0.29) is 11.8 Å². The summed E-state index contributed by atoms with van der Waals surface area (Å²) >= 11 is 2.66. The third kappa shape index (κ3) is 4.68. The molecule has 4 rings (SSSR count). The Morgan fingerprint density at radius 2 is 1.62 bits per heavy atom. The van der Waals surface area contributed by atoms with Crippen LogP contribution in [0.25, 0.3) is 10.6 Å². The van der Waals surface area contributed by atoms with Crippen molar-refractivity contribution >= 4 is 44.8 Å². The molecular formula is C23H20N4O3S2. The number of nitrogens with zero attached hydrogens (tertiary/aromatic N) is 2. The molecule has 0 atom stereocenters. The molecule has 0 saturated heterocycles. The summed E-state index contributed by atoms with van der Waals surface area (Å²) in [4.78, 5) is 34.9. The van der Waals surface area contributed by atoms with E-state index in [1.54, 1.807) is 36.4 Å². The van der Waals surface area contributed by atoms with Crippen LogP contribution in [0.2, 0.25) is 0 Å². The van der Waals surface area contributed by atoms with Gasteiger partial charge in [-0.2, -0.15) is 0 Å². The molecule has 162 valence electrons. The predicted octanol–water partition coefficient (Wildman–Crippen LogP) is 5.40. The van der Waals surface area contributed by atoms with E-state index in [2.05, 4.69) is 20.6 Å². The van der Waals surface area contributed by atoms with Gasteiger partial charge in [0.05, 0.1) is 28.9 Å². The summed E-state index contributed by atoms with van der Waals surface area (Å²) in [6.07, 6.45) is 0. The molecule has 0 fully saturated rings. The Balaban J connectivity index is 1.48. The first kappa shape index (κ1) is 21.7. The van der Waals surface area contributed by atoms with E-state index in [1.165, 1.54) is 29.8 Å². The fraction of sp³-hybridized carbons (Fsp3) is 0.130. The van der Waals surface area contributed by atoms with Gasteiger partial charge in [0, 0.05) is 10.9 Å². The van der Waals surface area contributed by atoms with Crippen LogP contribution in [-0.4, -0.2) is 28.9 Å². The zero-order valence-corrected chi connectivity index (χ0v) is 19.3. The van der Waals surface area contributed by atoms with E-state index < -0.39 is 0 Å². The quantitative estimate of drug-likeness (QED) is 0.399. The molecule has 4 aromatic rings. The number of benzene rings is 2. The fourth-order valence-corrected chi connectivity index (χ4v) is 4.69. The van der Waals surface area contributed by atoms with Crippen molar-refractivity contribution in [3.63, 3.8) is 0 Å². The van der Waals surface area contributed by atoms with Crippen LogP contribution in [0.4, 0.5) is 10.3 Å². The first-order valence-electron chi connectivity index (χ1n) is 9.70. The summed E-state index contributed by atoms with van der Waals surface area (Å²) in [5.74, 6) is -0.0178. The van der Waals surface area contributed by atoms with Gasteiger partial charge in [0.25, 0.3) is 11.8 Å². The molecule has 0 aliphatic carbocycles. The van der Waals surface area contributed by atoms with Gasteiger partial charge in [-0.05, 0) is 38.1 Å². The number of thiazole rings is 2. The van der Waals surface area contributed by atoms with Crippen LogP contribution < -0.4 is 15.4 Å². The summed E-state index contributed by atoms with van der Waals surface area (Å²) in [5, 5.41) is 8.47. The maximum absolute atomic E-state index is 12.6. The minimum Gasteiger partial charge on any atom is -0.496 e. The van der Waals surface area contributed by atoms with Crippen LogP contribution in [-0.2, 0) is 0 Å². The lowest BCUT2D eigenvalue weighted by atomic mass is 10.1. The Morgan fingerprint density at radius 1 is 0.906 bits per heavy atom. The van der Waals surface area contributed by atoms with Crippen LogP contribution in [0.3, 0.4) is 0 Å². The van der Waals surface area contributed by atoms with Gasteiger partial charge in [0.2, 0.25) is 0 Å². The van der Waals surface area contributed by atoms with Crippen molar-refractivity contribution in [3.8, 4) is 16.3 Å². The predicted molar refractivity (Wildman–Crippen MR) is 128 cm³/mol. The van der Waals surface area contributed by atoms with Crippen molar-refractivity contribution in [3.05, 3.63) is 76.3 Å². The van der Waals surface area contributed by atoms with Crippen LogP contribution in [0.15, 0.2) is 53.9 Å². The summed E-state index contributed by atoms with van der Waals surface area (Å²) in [5.41, 5.74) is 3.53. The van der Waals surface area contributed by atoms with Gasteiger partial charge in [-0.3, -0.25) is 20.2 Å². The van der Waals surface area contributed by atoms with E-state index in [0.717, 1.165) is 16.1 Å². The zero-order valence-electron chi connectivity index (χ0n) is 17.6. The number of amides is 2. The highest BCUT2D eigenvalue weighted by Gasteiger charge is 2.18. The molecule has 0 bridgehead atoms. The molecule has 9 heteroatoms. The van der Waals surface area contributed by atoms with E-state index >= 15 is 0 Å². The van der Waals surface area contributed by atoms with E-state index in [1.807, 2.05) is 31.4 Å². The minimum atomic E-state index is -0.299. The average Bonchev–Trinajstić information content (AvgIpc) is 3.40. The topological polar surface area (TPSA) is 93.2 Å². The van der Waals surface area contributed by atoms with Crippen LogP contribution in [0.5, 0.6) is 5.75 Å². The second-order valence-corrected chi connectivity index (χ2v) is 8.80. The molecule has 2 aromatic carbocycles. The third-order valence-corrected chi connectivity index (χ3v) is 6.49. The van der Waals surface area contributed by atoms with Crippen molar-refractivity contribution in [2.45, 2.75) is 13.8 Å². The number of hydrogen-bond donors (Lipinski definition) is 2. The second kappa shape index (κ2) is 9.29. The summed E-state index contributed by atoms with van der Waals surface area (Å²) in [7, 11) is 1.52. The summed E-state index contributed by atoms with van der Waals surface area (Å²) < 4.78 is 5.25. The highest BCUT2D eigenvalue weighted by Crippen LogP contribution is 2.35. The molecule has 32 heavy (non-hydrogen) atoms. The lowest BCUT2D eigenvalue weighted by Gasteiger charge is -2.06. The van der Waals surface area contributed by atoms with E-state index in [4.69, 9.17) is 4.74 Å². The number of carbonyl (C=O) groups excluding carboxylic acids is 2. The zero-order chi connectivity index (χ0) is 22.7. The molecule has 2 aromatic heterocycles. The Morgan fingerprint density at radius 3 is 2.38 bits per heavy atom. The maximum atomic E-state index is 12.6. The number of para-hydroxylation sites is 1. The van der Waals surface area contributed by atoms with Gasteiger partial charge in [0.1, 0.15) is 5.75 Å². The van der Waals surface area contributed by atoms with Crippen molar-refractivity contribution < 1.29 is 14.3 Å². The molecule has 0 unspecified atom stereocenters. The van der Waals surface area contributed by atoms with Crippen molar-refractivity contribution in [2.75, 3.05) is 17.7 Å². The van der Waals surface area contributed by atoms with Crippen molar-refractivity contribution in [1.82, 2.24) is 9.97 Å². The lowest BCUT2D eigenvalue weighted by Crippen LogP contribution is -2.12. The Hall–Kier alpha value is -3.56. The highest BCUT2D eigenvalue weighted by molar-refractivity contribution is 7.20. The molecule has 2 amide bonds. The number of methoxy groups -OCH3 is 1. The number of aromatic nitrogens is 2. The minimum absolute atomic E-state index is 0.211. The van der Waals surface area contributed by atoms with Gasteiger partial charge in [0.15, 0.2) is 10.3 Å². The Bertz CT molecular complexity index is 1280. The van der Waals surface area contributed by atoms with Gasteiger partial charge >= 0.3 is 0 Å². The van der Waals surface area contributed by atoms with Gasteiger partial charge < -0.3 is 4.74 Å². The molecule has 2 heterocycles. The van der Waals surface area contributed by atoms with Gasteiger partial charge in [-0.25, -0.2) is 9.97 Å². The van der Waals surface area contributed by atoms with Gasteiger partial charge in [-0.1, -0.05) is 41.2 Å². The third-order valence-electron chi connectivity index (χ3n) is 4.64. The van der Waals surface area contributed by atoms with Crippen molar-refractivity contribution in [1.29, 1.82) is 0 Å². The number of aryl methyl sites for hydroxylation is 2. The number of nitrogens with one attached hydrogen (secondary N) is 2. The number of carbonyl (C=O) groups is 2. The molecule has 0 radical (unpaired) electrons. The number of anilines is 2. The first-order chi connectivity index (χ1) is 15.4. The maximum Gasteiger partial charge on any atom is 0.261 e. The van der Waals surface area contributed by atoms with Crippen molar-refractivity contribution in [2.24, 2.45) is 0 Å². The Kier molecular flexibility index (Phi) is 6.29. The molecule has 0 spiro atoms. The van der Waals surface area contributed by atoms with Crippen LogP contribution in [0.1, 0.15) is 32.0 Å². The summed E-state index contributed by atoms with van der Waals surface area (Å²) in [6.45, 7) is 3.83. The lowest BCUT2D eigenvalue weighted by molar-refractivity contribution is 0.101. The standard InChI is InChI=1S/C23H20N4O3S2/c1-13-8-10-15(11-9-13)20(28)26-22-25-17(12-31-22)19-14(2)24-23(32-19)27-21(29)16-6-4-5-7-18(16)30-3/h4-12H,1-3H3,(H,24,27,29)(H,25,26,28). The fourth-order valence-electron chi connectivity index (χ4n) is 2.99. The number of rotatable bonds is 6. The monoisotopic (exact) mass is 464 g/mol. The molecule has 0 saturated carbocycles. The number of hydrogen-bond acceptors (Lipinski definition) is 7. The van der Waals surface area contributed by atoms with Crippen LogP contribution in [0, 0.1) is 13.8 Å². The molecular weight excluding hydrogens is 444 g/mol. The van der Waals surface area contributed by atoms with Crippen LogP contribution >= 0.6 is 22.7 Å². The van der Waals surface area contributed by atoms with E-state index in [9.17, 15) is 9.59 Å². The SMILES string of the molecule is COc1ccccc1C(=O)Nc1nc(C)c(-c2csc(NC(=O)c3ccc(C)cc3)n2)s1. The highest BCUT2D eigenvalue weighted by atomic mass is 32.1. The molecule has 2 N–H and O–H groups in total. The normalized spacial score (nSPS) is 10.6. The molecule has 0 aliphatic rings.